The number of benzene rings is 2. The van der Waals surface area contributed by atoms with Crippen LogP contribution in [-0.4, -0.2) is 41.9 Å². The first-order valence-corrected chi connectivity index (χ1v) is 15.5. The van der Waals surface area contributed by atoms with Gasteiger partial charge in [-0.1, -0.05) is 0 Å². The summed E-state index contributed by atoms with van der Waals surface area (Å²) in [6, 6.07) is 0. The summed E-state index contributed by atoms with van der Waals surface area (Å²) in [5, 5.41) is 20.4. The Bertz CT molecular complexity index is 1310. The number of thioether (sulfide) groups is 4. The van der Waals surface area contributed by atoms with E-state index in [1.807, 2.05) is 6.42 Å². The van der Waals surface area contributed by atoms with Crippen molar-refractivity contribution in [2.45, 2.75) is 94.7 Å². The standard InChI is InChI=1S/C27H27O8S4/c1-24(2)32-14-10(15-17(35-25(3,4)33-15)12(22(28)29)16(14)34-24)9-11-18-20(38-26(5,6)36-18)13(23(30)31)21-19(11)37-27(7,8)39-21/h9H,1-8H3,(H,28,29)(H,30,31). The summed E-state index contributed by atoms with van der Waals surface area (Å²) in [5.41, 5.74) is 1.54. The summed E-state index contributed by atoms with van der Waals surface area (Å²) in [5.74, 6) is -3.72. The number of carboxylic acid groups (broad SMARTS) is 2. The number of fused-ring (bicyclic) bond motifs is 4. The van der Waals surface area contributed by atoms with Crippen LogP contribution in [0.3, 0.4) is 0 Å². The van der Waals surface area contributed by atoms with Gasteiger partial charge in [-0.3, -0.25) is 0 Å². The first-order chi connectivity index (χ1) is 17.9. The summed E-state index contributed by atoms with van der Waals surface area (Å²) < 4.78 is 23.8. The lowest BCUT2D eigenvalue weighted by Crippen LogP contribution is -2.31. The maximum Gasteiger partial charge on any atom is 0.343 e. The Morgan fingerprint density at radius 3 is 1.31 bits per heavy atom. The van der Waals surface area contributed by atoms with Crippen LogP contribution in [0.25, 0.3) is 0 Å². The van der Waals surface area contributed by atoms with E-state index in [9.17, 15) is 19.8 Å². The van der Waals surface area contributed by atoms with E-state index in [0.717, 1.165) is 25.1 Å². The van der Waals surface area contributed by atoms with E-state index in [0.29, 0.717) is 11.1 Å². The summed E-state index contributed by atoms with van der Waals surface area (Å²) in [4.78, 5) is 28.2. The molecular weight excluding hydrogens is 581 g/mol. The quantitative estimate of drug-likeness (QED) is 0.358. The maximum atomic E-state index is 12.6. The summed E-state index contributed by atoms with van der Waals surface area (Å²) in [7, 11) is 0. The van der Waals surface area contributed by atoms with Gasteiger partial charge < -0.3 is 29.2 Å². The molecule has 0 aromatic heterocycles. The molecule has 0 fully saturated rings. The molecule has 39 heavy (non-hydrogen) atoms. The van der Waals surface area contributed by atoms with E-state index in [2.05, 4.69) is 27.7 Å². The zero-order chi connectivity index (χ0) is 28.4. The van der Waals surface area contributed by atoms with Crippen molar-refractivity contribution in [3.63, 3.8) is 0 Å². The average Bonchev–Trinajstić information content (AvgIpc) is 3.44. The van der Waals surface area contributed by atoms with Crippen LogP contribution in [0.4, 0.5) is 0 Å². The monoisotopic (exact) mass is 607 g/mol. The van der Waals surface area contributed by atoms with Gasteiger partial charge in [0.25, 0.3) is 0 Å². The first kappa shape index (κ1) is 27.2. The summed E-state index contributed by atoms with van der Waals surface area (Å²) in [6.07, 6.45) is 1.92. The smallest absolute Gasteiger partial charge is 0.343 e. The molecule has 8 nitrogen and oxygen atoms in total. The van der Waals surface area contributed by atoms with Gasteiger partial charge in [-0.25, -0.2) is 9.59 Å². The van der Waals surface area contributed by atoms with Gasteiger partial charge in [0, 0.05) is 53.7 Å². The fourth-order valence-electron chi connectivity index (χ4n) is 5.00. The Kier molecular flexibility index (Phi) is 5.76. The molecule has 6 rings (SSSR count). The number of rotatable bonds is 4. The van der Waals surface area contributed by atoms with Crippen LogP contribution in [0.15, 0.2) is 19.6 Å². The Balaban J connectivity index is 1.64. The third-order valence-corrected chi connectivity index (χ3v) is 11.9. The molecule has 0 atom stereocenters. The minimum atomic E-state index is -1.22. The summed E-state index contributed by atoms with van der Waals surface area (Å²) >= 11 is 6.33. The van der Waals surface area contributed by atoms with Crippen LogP contribution >= 0.6 is 47.0 Å². The highest BCUT2D eigenvalue weighted by Crippen LogP contribution is 2.67. The lowest BCUT2D eigenvalue weighted by molar-refractivity contribution is -0.0490. The summed E-state index contributed by atoms with van der Waals surface area (Å²) in [6.45, 7) is 15.1. The highest BCUT2D eigenvalue weighted by Gasteiger charge is 2.49. The van der Waals surface area contributed by atoms with Gasteiger partial charge in [-0.2, -0.15) is 0 Å². The Labute approximate surface area is 243 Å². The molecular formula is C27H27O8S4. The fraction of sp³-hybridized carbons (Fsp3) is 0.444. The lowest BCUT2D eigenvalue weighted by atomic mass is 9.98. The maximum absolute atomic E-state index is 12.6. The van der Waals surface area contributed by atoms with Gasteiger partial charge in [-0.15, -0.1) is 47.0 Å². The third-order valence-electron chi connectivity index (χ3n) is 6.21. The number of hydrogen-bond acceptors (Lipinski definition) is 10. The van der Waals surface area contributed by atoms with Crippen LogP contribution in [0.5, 0.6) is 23.0 Å². The molecule has 0 spiro atoms. The number of aromatic carboxylic acids is 2. The Hall–Kier alpha value is -2.02. The van der Waals surface area contributed by atoms with Crippen LogP contribution in [0.1, 0.15) is 87.2 Å². The van der Waals surface area contributed by atoms with Crippen molar-refractivity contribution in [2.24, 2.45) is 0 Å². The van der Waals surface area contributed by atoms with Crippen LogP contribution in [-0.2, 0) is 0 Å². The van der Waals surface area contributed by atoms with E-state index >= 15 is 0 Å². The second-order valence-corrected chi connectivity index (χ2v) is 18.4. The molecule has 12 heteroatoms. The zero-order valence-electron chi connectivity index (χ0n) is 22.6. The largest absolute Gasteiger partial charge is 0.478 e. The molecule has 2 N–H and O–H groups in total. The molecule has 4 heterocycles. The SMILES string of the molecule is CC1(C)Oc2c([CH]c3c4c(c(C(=O)O)c5c3SC(C)(C)S5)SC(C)(C)S4)c3c(c(C(=O)O)c2O1)OC(C)(C)O3. The van der Waals surface area contributed by atoms with E-state index in [4.69, 9.17) is 18.9 Å². The number of ether oxygens (including phenoxy) is 4. The molecule has 0 amide bonds. The van der Waals surface area contributed by atoms with Crippen molar-refractivity contribution in [3.8, 4) is 23.0 Å². The van der Waals surface area contributed by atoms with E-state index in [-0.39, 0.29) is 36.7 Å². The van der Waals surface area contributed by atoms with Gasteiger partial charge in [0.1, 0.15) is 0 Å². The average molecular weight is 608 g/mol. The minimum Gasteiger partial charge on any atom is -0.478 e. The molecule has 2 aromatic rings. The predicted molar refractivity (Wildman–Crippen MR) is 152 cm³/mol. The minimum absolute atomic E-state index is 0.0824. The molecule has 4 aliphatic rings. The predicted octanol–water partition coefficient (Wildman–Crippen LogP) is 7.57. The van der Waals surface area contributed by atoms with Gasteiger partial charge in [0.15, 0.2) is 28.6 Å². The molecule has 1 radical (unpaired) electrons. The Morgan fingerprint density at radius 1 is 0.564 bits per heavy atom. The van der Waals surface area contributed by atoms with Crippen molar-refractivity contribution in [1.29, 1.82) is 0 Å². The van der Waals surface area contributed by atoms with Crippen molar-refractivity contribution >= 4 is 59.0 Å². The van der Waals surface area contributed by atoms with E-state index in [1.54, 1.807) is 74.7 Å². The molecule has 0 bridgehead atoms. The van der Waals surface area contributed by atoms with Crippen molar-refractivity contribution < 1.29 is 38.7 Å². The molecule has 0 saturated heterocycles. The van der Waals surface area contributed by atoms with Gasteiger partial charge in [-0.05, 0) is 33.3 Å². The number of carboxylic acids is 2. The topological polar surface area (TPSA) is 112 Å². The second kappa shape index (κ2) is 8.27. The Morgan fingerprint density at radius 2 is 0.923 bits per heavy atom. The highest BCUT2D eigenvalue weighted by atomic mass is 32.2. The normalized spacial score (nSPS) is 21.5. The van der Waals surface area contributed by atoms with Crippen LogP contribution in [0, 0.1) is 6.42 Å². The first-order valence-electron chi connectivity index (χ1n) is 12.2. The lowest BCUT2D eigenvalue weighted by Gasteiger charge is -2.20. The zero-order valence-corrected chi connectivity index (χ0v) is 25.8. The van der Waals surface area contributed by atoms with Crippen LogP contribution in [0.2, 0.25) is 0 Å². The fourth-order valence-corrected chi connectivity index (χ4v) is 10.8. The highest BCUT2D eigenvalue weighted by molar-refractivity contribution is 8.21. The van der Waals surface area contributed by atoms with Gasteiger partial charge in [0.2, 0.25) is 11.6 Å². The molecule has 4 aliphatic heterocycles. The van der Waals surface area contributed by atoms with Crippen molar-refractivity contribution in [1.82, 2.24) is 0 Å². The van der Waals surface area contributed by atoms with E-state index in [1.165, 1.54) is 0 Å². The number of carbonyl (C=O) groups is 2. The van der Waals surface area contributed by atoms with Gasteiger partial charge in [0.05, 0.1) is 19.3 Å². The van der Waals surface area contributed by atoms with Crippen molar-refractivity contribution in [3.05, 3.63) is 28.7 Å². The molecule has 0 saturated carbocycles. The molecule has 0 unspecified atom stereocenters. The van der Waals surface area contributed by atoms with Crippen LogP contribution < -0.4 is 18.9 Å². The van der Waals surface area contributed by atoms with E-state index < -0.39 is 23.5 Å². The third kappa shape index (κ3) is 4.33. The molecule has 0 aliphatic carbocycles. The second-order valence-electron chi connectivity index (χ2n) is 11.4. The van der Waals surface area contributed by atoms with Gasteiger partial charge >= 0.3 is 11.9 Å². The number of hydrogen-bond donors (Lipinski definition) is 2. The molecule has 207 valence electrons. The molecule has 2 aromatic carbocycles. The van der Waals surface area contributed by atoms with Crippen molar-refractivity contribution in [2.75, 3.05) is 0 Å².